The van der Waals surface area contributed by atoms with E-state index in [0.717, 1.165) is 11.9 Å². The first-order chi connectivity index (χ1) is 12.4. The summed E-state index contributed by atoms with van der Waals surface area (Å²) in [4.78, 5) is 12.4. The minimum atomic E-state index is -3.31. The van der Waals surface area contributed by atoms with Gasteiger partial charge in [0, 0.05) is 17.6 Å². The van der Waals surface area contributed by atoms with Gasteiger partial charge >= 0.3 is 0 Å². The number of nitrogens with zero attached hydrogens (tertiary/aromatic N) is 3. The lowest BCUT2D eigenvalue weighted by Crippen LogP contribution is -2.14. The third-order valence-corrected chi connectivity index (χ3v) is 4.73. The smallest absolute Gasteiger partial charge is 0.232 e. The molecule has 0 radical (unpaired) electrons. The molecule has 0 amide bonds. The first-order valence-corrected chi connectivity index (χ1v) is 9.43. The van der Waals surface area contributed by atoms with Gasteiger partial charge in [0.15, 0.2) is 5.82 Å². The Labute approximate surface area is 150 Å². The monoisotopic (exact) mass is 373 g/mol. The van der Waals surface area contributed by atoms with Gasteiger partial charge in [0.1, 0.15) is 17.3 Å². The number of halogens is 1. The quantitative estimate of drug-likeness (QED) is 0.689. The van der Waals surface area contributed by atoms with E-state index >= 15 is 0 Å². The first-order valence-electron chi connectivity index (χ1n) is 7.78. The molecule has 0 fully saturated rings. The maximum Gasteiger partial charge on any atom is 0.232 e. The Hall–Kier alpha value is -3.07. The number of anilines is 3. The Morgan fingerprint density at radius 1 is 1.00 bits per heavy atom. The third-order valence-electron chi connectivity index (χ3n) is 3.42. The molecule has 0 aliphatic heterocycles. The Kier molecular flexibility index (Phi) is 5.08. The predicted molar refractivity (Wildman–Crippen MR) is 98.0 cm³/mol. The van der Waals surface area contributed by atoms with E-state index in [2.05, 4.69) is 25.0 Å². The molecule has 0 spiro atoms. The van der Waals surface area contributed by atoms with Gasteiger partial charge in [-0.3, -0.25) is 4.72 Å². The maximum absolute atomic E-state index is 13.0. The number of benzene rings is 1. The maximum atomic E-state index is 13.0. The second kappa shape index (κ2) is 7.44. The summed E-state index contributed by atoms with van der Waals surface area (Å²) >= 11 is 0. The van der Waals surface area contributed by atoms with Crippen LogP contribution in [-0.4, -0.2) is 29.1 Å². The second-order valence-electron chi connectivity index (χ2n) is 5.33. The van der Waals surface area contributed by atoms with Crippen molar-refractivity contribution >= 4 is 27.2 Å². The van der Waals surface area contributed by atoms with Crippen LogP contribution in [0.3, 0.4) is 0 Å². The van der Waals surface area contributed by atoms with Crippen molar-refractivity contribution < 1.29 is 12.8 Å². The van der Waals surface area contributed by atoms with Gasteiger partial charge in [0.05, 0.1) is 11.9 Å². The molecule has 0 bridgehead atoms. The number of hydrogen-bond acceptors (Lipinski definition) is 6. The lowest BCUT2D eigenvalue weighted by atomic mass is 10.3. The average Bonchev–Trinajstić information content (AvgIpc) is 2.64. The molecule has 3 rings (SSSR count). The van der Waals surface area contributed by atoms with Gasteiger partial charge in [0.25, 0.3) is 0 Å². The minimum absolute atomic E-state index is 0.00807. The molecule has 0 unspecified atom stereocenters. The number of rotatable bonds is 6. The van der Waals surface area contributed by atoms with Gasteiger partial charge in [-0.05, 0) is 49.4 Å². The zero-order chi connectivity index (χ0) is 18.6. The van der Waals surface area contributed by atoms with Crippen molar-refractivity contribution in [2.24, 2.45) is 0 Å². The molecule has 3 aromatic rings. The van der Waals surface area contributed by atoms with E-state index in [1.807, 2.05) is 0 Å². The molecule has 2 heterocycles. The van der Waals surface area contributed by atoms with Crippen LogP contribution in [0.25, 0.3) is 11.5 Å². The summed E-state index contributed by atoms with van der Waals surface area (Å²) in [5.41, 5.74) is 1.66. The van der Waals surface area contributed by atoms with E-state index in [1.165, 1.54) is 12.1 Å². The van der Waals surface area contributed by atoms with Gasteiger partial charge < -0.3 is 5.32 Å². The van der Waals surface area contributed by atoms with Gasteiger partial charge in [-0.15, -0.1) is 0 Å². The highest BCUT2D eigenvalue weighted by molar-refractivity contribution is 7.92. The van der Waals surface area contributed by atoms with Crippen molar-refractivity contribution in [3.63, 3.8) is 0 Å². The summed E-state index contributed by atoms with van der Waals surface area (Å²) in [7, 11) is -3.31. The van der Waals surface area contributed by atoms with Crippen molar-refractivity contribution in [2.75, 3.05) is 15.8 Å². The van der Waals surface area contributed by atoms with Crippen LogP contribution in [0, 0.1) is 5.82 Å². The summed E-state index contributed by atoms with van der Waals surface area (Å²) in [5.74, 6) is 0.473. The van der Waals surface area contributed by atoms with Crippen LogP contribution in [-0.2, 0) is 10.0 Å². The van der Waals surface area contributed by atoms with E-state index in [-0.39, 0.29) is 5.75 Å². The van der Waals surface area contributed by atoms with Crippen molar-refractivity contribution in [1.82, 2.24) is 15.0 Å². The van der Waals surface area contributed by atoms with E-state index in [9.17, 15) is 12.8 Å². The van der Waals surface area contributed by atoms with Crippen LogP contribution < -0.4 is 10.0 Å². The molecule has 1 aromatic carbocycles. The molecule has 0 saturated carbocycles. The summed E-state index contributed by atoms with van der Waals surface area (Å²) in [5, 5.41) is 3.10. The van der Waals surface area contributed by atoms with Crippen molar-refractivity contribution in [2.45, 2.75) is 6.92 Å². The van der Waals surface area contributed by atoms with Crippen LogP contribution in [0.15, 0.2) is 54.9 Å². The minimum Gasteiger partial charge on any atom is -0.340 e. The Bertz CT molecular complexity index is 992. The second-order valence-corrected chi connectivity index (χ2v) is 7.35. The fourth-order valence-corrected chi connectivity index (χ4v) is 2.72. The summed E-state index contributed by atoms with van der Waals surface area (Å²) in [6.45, 7) is 1.57. The molecular weight excluding hydrogens is 357 g/mol. The molecule has 0 aliphatic carbocycles. The number of hydrogen-bond donors (Lipinski definition) is 2. The highest BCUT2D eigenvalue weighted by Crippen LogP contribution is 2.20. The summed E-state index contributed by atoms with van der Waals surface area (Å²) < 4.78 is 38.6. The van der Waals surface area contributed by atoms with Crippen molar-refractivity contribution in [1.29, 1.82) is 0 Å². The van der Waals surface area contributed by atoms with Gasteiger partial charge in [0.2, 0.25) is 10.0 Å². The highest BCUT2D eigenvalue weighted by atomic mass is 32.2. The molecule has 134 valence electrons. The molecule has 9 heteroatoms. The lowest BCUT2D eigenvalue weighted by molar-refractivity contribution is 0.602. The lowest BCUT2D eigenvalue weighted by Gasteiger charge is -2.09. The zero-order valence-electron chi connectivity index (χ0n) is 13.8. The molecule has 2 N–H and O–H groups in total. The molecule has 0 aliphatic rings. The Morgan fingerprint density at radius 2 is 1.73 bits per heavy atom. The molecule has 2 aromatic heterocycles. The predicted octanol–water partition coefficient (Wildman–Crippen LogP) is 3.18. The summed E-state index contributed by atoms with van der Waals surface area (Å²) in [6, 6.07) is 11.2. The Morgan fingerprint density at radius 3 is 2.38 bits per heavy atom. The SMILES string of the molecule is CCS(=O)(=O)Nc1ccc(Nc2ccnc(-c3ccc(F)cn3)n2)cc1. The molecule has 26 heavy (non-hydrogen) atoms. The first kappa shape index (κ1) is 17.7. The fourth-order valence-electron chi connectivity index (χ4n) is 2.08. The number of nitrogens with one attached hydrogen (secondary N) is 2. The normalized spacial score (nSPS) is 11.2. The summed E-state index contributed by atoms with van der Waals surface area (Å²) in [6.07, 6.45) is 2.67. The van der Waals surface area contributed by atoms with E-state index < -0.39 is 15.8 Å². The molecule has 0 saturated heterocycles. The van der Waals surface area contributed by atoms with Gasteiger partial charge in [-0.2, -0.15) is 0 Å². The van der Waals surface area contributed by atoms with Gasteiger partial charge in [-0.1, -0.05) is 0 Å². The van der Waals surface area contributed by atoms with E-state index in [4.69, 9.17) is 0 Å². The number of aromatic nitrogens is 3. The van der Waals surface area contributed by atoms with Crippen LogP contribution in [0.4, 0.5) is 21.6 Å². The molecule has 0 atom stereocenters. The van der Waals surface area contributed by atoms with Crippen LogP contribution in [0.1, 0.15) is 6.92 Å². The largest absolute Gasteiger partial charge is 0.340 e. The van der Waals surface area contributed by atoms with Crippen LogP contribution in [0.2, 0.25) is 0 Å². The fraction of sp³-hybridized carbons (Fsp3) is 0.118. The zero-order valence-corrected chi connectivity index (χ0v) is 14.7. The van der Waals surface area contributed by atoms with Crippen LogP contribution >= 0.6 is 0 Å². The van der Waals surface area contributed by atoms with Crippen molar-refractivity contribution in [3.8, 4) is 11.5 Å². The van der Waals surface area contributed by atoms with E-state index in [1.54, 1.807) is 43.5 Å². The van der Waals surface area contributed by atoms with Gasteiger partial charge in [-0.25, -0.2) is 27.8 Å². The third kappa shape index (κ3) is 4.51. The topological polar surface area (TPSA) is 96.9 Å². The molecule has 7 nitrogen and oxygen atoms in total. The average molecular weight is 373 g/mol. The standard InChI is InChI=1S/C17H16FN5O2S/c1-2-26(24,25)23-14-6-4-13(5-7-14)21-16-9-10-19-17(22-16)15-8-3-12(18)11-20-15/h3-11,23H,2H2,1H3,(H,19,21,22). The Balaban J connectivity index is 1.75. The van der Waals surface area contributed by atoms with Crippen molar-refractivity contribution in [3.05, 3.63) is 60.7 Å². The number of pyridine rings is 1. The van der Waals surface area contributed by atoms with Crippen LogP contribution in [0.5, 0.6) is 0 Å². The number of sulfonamides is 1. The highest BCUT2D eigenvalue weighted by Gasteiger charge is 2.07. The van der Waals surface area contributed by atoms with E-state index in [0.29, 0.717) is 23.0 Å². The molecular formula is C17H16FN5O2S.